The fraction of sp³-hybridized carbons (Fsp3) is 0.952. The van der Waals surface area contributed by atoms with E-state index >= 15 is 0 Å². The lowest BCUT2D eigenvalue weighted by Gasteiger charge is -2.51. The molecule has 0 bridgehead atoms. The van der Waals surface area contributed by atoms with Gasteiger partial charge in [-0.3, -0.25) is 4.79 Å². The van der Waals surface area contributed by atoms with E-state index in [1.54, 1.807) is 0 Å². The van der Waals surface area contributed by atoms with Crippen molar-refractivity contribution in [2.45, 2.75) is 72.3 Å². The molecule has 0 heterocycles. The molecule has 0 aromatic rings. The van der Waals surface area contributed by atoms with Crippen molar-refractivity contribution in [3.05, 3.63) is 0 Å². The van der Waals surface area contributed by atoms with Crippen molar-refractivity contribution in [2.75, 3.05) is 41.3 Å². The Labute approximate surface area is 156 Å². The standard InChI is InChI=1S/C21H42N2O2/c1-9-17-12-13-21(17,16-20(4,10-2)11-3)19(24)25-18(14-22(5)6)15-23(7)8/h17-18H,9-16H2,1-8H3. The predicted molar refractivity (Wildman–Crippen MR) is 106 cm³/mol. The molecule has 0 saturated heterocycles. The molecule has 0 radical (unpaired) electrons. The largest absolute Gasteiger partial charge is 0.459 e. The summed E-state index contributed by atoms with van der Waals surface area (Å²) in [4.78, 5) is 17.6. The van der Waals surface area contributed by atoms with E-state index in [9.17, 15) is 4.79 Å². The van der Waals surface area contributed by atoms with Crippen molar-refractivity contribution >= 4 is 5.97 Å². The number of carbonyl (C=O) groups is 1. The van der Waals surface area contributed by atoms with Crippen LogP contribution in [0, 0.1) is 16.7 Å². The number of esters is 1. The van der Waals surface area contributed by atoms with Gasteiger partial charge in [0.2, 0.25) is 0 Å². The molecule has 0 aromatic carbocycles. The molecule has 1 aliphatic rings. The number of rotatable bonds is 11. The first-order chi connectivity index (χ1) is 11.6. The summed E-state index contributed by atoms with van der Waals surface area (Å²) in [5.74, 6) is 0.546. The lowest BCUT2D eigenvalue weighted by molar-refractivity contribution is -0.180. The second-order valence-electron chi connectivity index (χ2n) is 9.05. The Kier molecular flexibility index (Phi) is 8.40. The first kappa shape index (κ1) is 22.4. The van der Waals surface area contributed by atoms with E-state index in [1.807, 2.05) is 28.2 Å². The summed E-state index contributed by atoms with van der Waals surface area (Å²) in [5, 5.41) is 0. The third-order valence-electron chi connectivity index (χ3n) is 6.48. The number of carbonyl (C=O) groups excluding carboxylic acids is 1. The van der Waals surface area contributed by atoms with Crippen molar-refractivity contribution < 1.29 is 9.53 Å². The molecule has 25 heavy (non-hydrogen) atoms. The second-order valence-corrected chi connectivity index (χ2v) is 9.05. The lowest BCUT2D eigenvalue weighted by atomic mass is 9.53. The van der Waals surface area contributed by atoms with E-state index in [0.29, 0.717) is 5.92 Å². The summed E-state index contributed by atoms with van der Waals surface area (Å²) in [6.45, 7) is 10.6. The molecule has 0 spiro atoms. The lowest BCUT2D eigenvalue weighted by Crippen LogP contribution is -2.52. The van der Waals surface area contributed by atoms with Gasteiger partial charge in [-0.05, 0) is 58.8 Å². The van der Waals surface area contributed by atoms with Gasteiger partial charge in [0.15, 0.2) is 0 Å². The number of ether oxygens (including phenoxy) is 1. The molecule has 148 valence electrons. The van der Waals surface area contributed by atoms with Gasteiger partial charge in [0.25, 0.3) is 0 Å². The third kappa shape index (κ3) is 5.68. The quantitative estimate of drug-likeness (QED) is 0.524. The zero-order valence-electron chi connectivity index (χ0n) is 18.0. The van der Waals surface area contributed by atoms with Crippen molar-refractivity contribution in [3.63, 3.8) is 0 Å². The predicted octanol–water partition coefficient (Wildman–Crippen LogP) is 4.04. The molecular formula is C21H42N2O2. The highest BCUT2D eigenvalue weighted by atomic mass is 16.5. The number of likely N-dealkylation sites (N-methyl/N-ethyl adjacent to an activating group) is 2. The van der Waals surface area contributed by atoms with Crippen molar-refractivity contribution in [1.29, 1.82) is 0 Å². The van der Waals surface area contributed by atoms with Crippen LogP contribution >= 0.6 is 0 Å². The highest BCUT2D eigenvalue weighted by molar-refractivity contribution is 5.78. The molecule has 1 rings (SSSR count). The molecule has 0 amide bonds. The molecule has 1 saturated carbocycles. The summed E-state index contributed by atoms with van der Waals surface area (Å²) in [6, 6.07) is 0. The molecule has 1 aliphatic carbocycles. The van der Waals surface area contributed by atoms with Gasteiger partial charge >= 0.3 is 5.97 Å². The zero-order valence-corrected chi connectivity index (χ0v) is 18.0. The maximum absolute atomic E-state index is 13.3. The van der Waals surface area contributed by atoms with Crippen LogP contribution in [0.5, 0.6) is 0 Å². The smallest absolute Gasteiger partial charge is 0.312 e. The van der Waals surface area contributed by atoms with Crippen LogP contribution in [-0.2, 0) is 9.53 Å². The molecule has 2 atom stereocenters. The average molecular weight is 355 g/mol. The van der Waals surface area contributed by atoms with E-state index in [-0.39, 0.29) is 22.9 Å². The van der Waals surface area contributed by atoms with Gasteiger partial charge in [-0.1, -0.05) is 47.0 Å². The first-order valence-electron chi connectivity index (χ1n) is 10.1. The van der Waals surface area contributed by atoms with Crippen LogP contribution in [0.2, 0.25) is 0 Å². The van der Waals surface area contributed by atoms with Crippen LogP contribution in [0.3, 0.4) is 0 Å². The van der Waals surface area contributed by atoms with E-state index in [2.05, 4.69) is 37.5 Å². The van der Waals surface area contributed by atoms with Gasteiger partial charge in [0.1, 0.15) is 6.10 Å². The number of hydrogen-bond donors (Lipinski definition) is 0. The minimum Gasteiger partial charge on any atom is -0.459 e. The van der Waals surface area contributed by atoms with Gasteiger partial charge in [0.05, 0.1) is 5.41 Å². The monoisotopic (exact) mass is 354 g/mol. The Morgan fingerprint density at radius 3 is 1.96 bits per heavy atom. The summed E-state index contributed by atoms with van der Waals surface area (Å²) in [6.07, 6.45) is 6.38. The fourth-order valence-corrected chi connectivity index (χ4v) is 4.34. The number of nitrogens with zero attached hydrogens (tertiary/aromatic N) is 2. The minimum atomic E-state index is -0.258. The van der Waals surface area contributed by atoms with Gasteiger partial charge in [-0.2, -0.15) is 0 Å². The molecule has 0 N–H and O–H groups in total. The molecule has 0 aromatic heterocycles. The maximum Gasteiger partial charge on any atom is 0.312 e. The Morgan fingerprint density at radius 1 is 1.12 bits per heavy atom. The molecule has 4 nitrogen and oxygen atoms in total. The molecule has 4 heteroatoms. The topological polar surface area (TPSA) is 32.8 Å². The van der Waals surface area contributed by atoms with Crippen LogP contribution in [0.4, 0.5) is 0 Å². The normalized spacial score (nSPS) is 24.0. The van der Waals surface area contributed by atoms with Crippen molar-refractivity contribution in [1.82, 2.24) is 9.80 Å². The SMILES string of the molecule is CCC1CCC1(CC(C)(CC)CC)C(=O)OC(CN(C)C)CN(C)C. The van der Waals surface area contributed by atoms with Gasteiger partial charge in [-0.25, -0.2) is 0 Å². The van der Waals surface area contributed by atoms with E-state index in [1.165, 1.54) is 6.42 Å². The van der Waals surface area contributed by atoms with Crippen LogP contribution in [0.1, 0.15) is 66.2 Å². The van der Waals surface area contributed by atoms with E-state index < -0.39 is 0 Å². The second kappa shape index (κ2) is 9.36. The Balaban J connectivity index is 2.96. The fourth-order valence-electron chi connectivity index (χ4n) is 4.34. The maximum atomic E-state index is 13.3. The summed E-state index contributed by atoms with van der Waals surface area (Å²) >= 11 is 0. The van der Waals surface area contributed by atoms with E-state index in [0.717, 1.165) is 45.2 Å². The van der Waals surface area contributed by atoms with Crippen molar-refractivity contribution in [2.24, 2.45) is 16.7 Å². The van der Waals surface area contributed by atoms with Crippen molar-refractivity contribution in [3.8, 4) is 0 Å². The number of hydrogen-bond acceptors (Lipinski definition) is 4. The highest BCUT2D eigenvalue weighted by Gasteiger charge is 2.55. The summed E-state index contributed by atoms with van der Waals surface area (Å²) < 4.78 is 6.12. The van der Waals surface area contributed by atoms with Gasteiger partial charge in [0, 0.05) is 13.1 Å². The van der Waals surface area contributed by atoms with Crippen LogP contribution in [-0.4, -0.2) is 63.2 Å². The molecule has 1 fully saturated rings. The van der Waals surface area contributed by atoms with Crippen LogP contribution in [0.15, 0.2) is 0 Å². The highest BCUT2D eigenvalue weighted by Crippen LogP contribution is 2.56. The Bertz CT molecular complexity index is 406. The molecule has 2 unspecified atom stereocenters. The van der Waals surface area contributed by atoms with Gasteiger partial charge < -0.3 is 14.5 Å². The average Bonchev–Trinajstić information content (AvgIpc) is 2.50. The van der Waals surface area contributed by atoms with E-state index in [4.69, 9.17) is 4.74 Å². The van der Waals surface area contributed by atoms with Crippen LogP contribution in [0.25, 0.3) is 0 Å². The Morgan fingerprint density at radius 2 is 1.64 bits per heavy atom. The summed E-state index contributed by atoms with van der Waals surface area (Å²) in [5.41, 5.74) is -0.0299. The molecule has 0 aliphatic heterocycles. The minimum absolute atomic E-state index is 0.0624. The summed E-state index contributed by atoms with van der Waals surface area (Å²) in [7, 11) is 8.15. The Hall–Kier alpha value is -0.610. The van der Waals surface area contributed by atoms with Gasteiger partial charge in [-0.15, -0.1) is 0 Å². The third-order valence-corrected chi connectivity index (χ3v) is 6.48. The zero-order chi connectivity index (χ0) is 19.3. The first-order valence-corrected chi connectivity index (χ1v) is 10.1. The van der Waals surface area contributed by atoms with Crippen LogP contribution < -0.4 is 0 Å². The molecular weight excluding hydrogens is 312 g/mol.